The molecule has 0 saturated heterocycles. The van der Waals surface area contributed by atoms with E-state index in [4.69, 9.17) is 0 Å². The first-order valence-electron chi connectivity index (χ1n) is 7.59. The summed E-state index contributed by atoms with van der Waals surface area (Å²) in [6.45, 7) is 1.56. The number of carbonyl (C=O) groups excluding carboxylic acids is 2. The molecular formula is C19H16N2O2S. The molecular weight excluding hydrogens is 320 g/mol. The van der Waals surface area contributed by atoms with E-state index in [0.717, 1.165) is 22.0 Å². The van der Waals surface area contributed by atoms with Crippen LogP contribution in [0.2, 0.25) is 0 Å². The first-order valence-corrected chi connectivity index (χ1v) is 8.47. The highest BCUT2D eigenvalue weighted by Crippen LogP contribution is 2.21. The Labute approximate surface area is 144 Å². The van der Waals surface area contributed by atoms with E-state index in [2.05, 4.69) is 9.97 Å². The van der Waals surface area contributed by atoms with E-state index in [9.17, 15) is 9.59 Å². The monoisotopic (exact) mass is 336 g/mol. The van der Waals surface area contributed by atoms with Crippen molar-refractivity contribution in [3.05, 3.63) is 70.2 Å². The van der Waals surface area contributed by atoms with E-state index in [-0.39, 0.29) is 18.0 Å². The Hall–Kier alpha value is -2.66. The maximum absolute atomic E-state index is 12.4. The summed E-state index contributed by atoms with van der Waals surface area (Å²) in [5, 5.41) is 2.69. The molecule has 0 bridgehead atoms. The standard InChI is InChI=1S/C19H16N2O2S/c1-13(22)10-14-5-7-15(8-6-14)18(23)11-19-21-17(12-24-19)16-4-2-3-9-20-16/h2-9,12H,10-11H2,1H3. The number of pyridine rings is 1. The largest absolute Gasteiger partial charge is 0.300 e. The average Bonchev–Trinajstić information content (AvgIpc) is 3.04. The van der Waals surface area contributed by atoms with E-state index in [0.29, 0.717) is 12.0 Å². The number of Topliss-reactive ketones (excluding diaryl/α,β-unsaturated/α-hetero) is 2. The maximum Gasteiger partial charge on any atom is 0.169 e. The second-order valence-corrected chi connectivity index (χ2v) is 6.46. The van der Waals surface area contributed by atoms with E-state index in [1.165, 1.54) is 11.3 Å². The van der Waals surface area contributed by atoms with E-state index >= 15 is 0 Å². The predicted molar refractivity (Wildman–Crippen MR) is 94.2 cm³/mol. The molecule has 2 aromatic heterocycles. The Bertz CT molecular complexity index is 855. The van der Waals surface area contributed by atoms with Crippen LogP contribution in [0.25, 0.3) is 11.4 Å². The zero-order chi connectivity index (χ0) is 16.9. The molecule has 2 heterocycles. The van der Waals surface area contributed by atoms with E-state index in [1.54, 1.807) is 25.3 Å². The quantitative estimate of drug-likeness (QED) is 0.643. The van der Waals surface area contributed by atoms with Gasteiger partial charge in [-0.25, -0.2) is 4.98 Å². The number of ketones is 2. The number of nitrogens with zero attached hydrogens (tertiary/aromatic N) is 2. The highest BCUT2D eigenvalue weighted by molar-refractivity contribution is 7.10. The summed E-state index contributed by atoms with van der Waals surface area (Å²) in [5.41, 5.74) is 3.16. The van der Waals surface area contributed by atoms with Gasteiger partial charge in [-0.1, -0.05) is 30.3 Å². The molecule has 1 aromatic carbocycles. The molecule has 3 aromatic rings. The van der Waals surface area contributed by atoms with Crippen LogP contribution in [0.1, 0.15) is 27.9 Å². The average molecular weight is 336 g/mol. The van der Waals surface area contributed by atoms with Gasteiger partial charge in [0.15, 0.2) is 5.78 Å². The van der Waals surface area contributed by atoms with Crippen LogP contribution in [0, 0.1) is 0 Å². The second kappa shape index (κ2) is 7.27. The number of thiazole rings is 1. The molecule has 0 aliphatic heterocycles. The van der Waals surface area contributed by atoms with Gasteiger partial charge in [0.25, 0.3) is 0 Å². The minimum Gasteiger partial charge on any atom is -0.300 e. The third-order valence-electron chi connectivity index (χ3n) is 3.52. The highest BCUT2D eigenvalue weighted by Gasteiger charge is 2.12. The van der Waals surface area contributed by atoms with Crippen molar-refractivity contribution in [2.24, 2.45) is 0 Å². The lowest BCUT2D eigenvalue weighted by Gasteiger charge is -2.01. The van der Waals surface area contributed by atoms with Crippen molar-refractivity contribution in [2.45, 2.75) is 19.8 Å². The highest BCUT2D eigenvalue weighted by atomic mass is 32.1. The fourth-order valence-electron chi connectivity index (χ4n) is 2.36. The summed E-state index contributed by atoms with van der Waals surface area (Å²) < 4.78 is 0. The minimum absolute atomic E-state index is 0.0197. The molecule has 3 rings (SSSR count). The zero-order valence-corrected chi connectivity index (χ0v) is 14.0. The van der Waals surface area contributed by atoms with Gasteiger partial charge in [0, 0.05) is 23.6 Å². The van der Waals surface area contributed by atoms with Gasteiger partial charge in [-0.15, -0.1) is 11.3 Å². The van der Waals surface area contributed by atoms with E-state index in [1.807, 2.05) is 35.7 Å². The van der Waals surface area contributed by atoms with Gasteiger partial charge in [0.2, 0.25) is 0 Å². The van der Waals surface area contributed by atoms with Crippen LogP contribution in [0.5, 0.6) is 0 Å². The van der Waals surface area contributed by atoms with Crippen molar-refractivity contribution in [3.63, 3.8) is 0 Å². The number of hydrogen-bond donors (Lipinski definition) is 0. The molecule has 0 atom stereocenters. The molecule has 0 radical (unpaired) electrons. The van der Waals surface area contributed by atoms with Crippen LogP contribution in [0.3, 0.4) is 0 Å². The van der Waals surface area contributed by atoms with Gasteiger partial charge in [0.1, 0.15) is 10.8 Å². The zero-order valence-electron chi connectivity index (χ0n) is 13.2. The van der Waals surface area contributed by atoms with Gasteiger partial charge in [-0.05, 0) is 24.6 Å². The van der Waals surface area contributed by atoms with Gasteiger partial charge < -0.3 is 0 Å². The molecule has 0 fully saturated rings. The molecule has 4 nitrogen and oxygen atoms in total. The van der Waals surface area contributed by atoms with Crippen molar-refractivity contribution in [1.82, 2.24) is 9.97 Å². The molecule has 24 heavy (non-hydrogen) atoms. The van der Waals surface area contributed by atoms with Crippen LogP contribution in [-0.4, -0.2) is 21.5 Å². The van der Waals surface area contributed by atoms with Crippen molar-refractivity contribution in [3.8, 4) is 11.4 Å². The number of benzene rings is 1. The number of aromatic nitrogens is 2. The smallest absolute Gasteiger partial charge is 0.169 e. The van der Waals surface area contributed by atoms with Crippen molar-refractivity contribution >= 4 is 22.9 Å². The van der Waals surface area contributed by atoms with Crippen LogP contribution in [0.4, 0.5) is 0 Å². The Kier molecular flexibility index (Phi) is 4.91. The normalized spacial score (nSPS) is 10.5. The Morgan fingerprint density at radius 3 is 2.46 bits per heavy atom. The molecule has 0 aliphatic carbocycles. The number of rotatable bonds is 6. The lowest BCUT2D eigenvalue weighted by atomic mass is 10.0. The Balaban J connectivity index is 1.69. The molecule has 0 N–H and O–H groups in total. The van der Waals surface area contributed by atoms with Gasteiger partial charge in [0.05, 0.1) is 17.8 Å². The fraction of sp³-hybridized carbons (Fsp3) is 0.158. The molecule has 0 unspecified atom stereocenters. The number of carbonyl (C=O) groups is 2. The summed E-state index contributed by atoms with van der Waals surface area (Å²) in [5.74, 6) is 0.130. The first kappa shape index (κ1) is 16.2. The van der Waals surface area contributed by atoms with Crippen LogP contribution >= 0.6 is 11.3 Å². The summed E-state index contributed by atoms with van der Waals surface area (Å²) in [7, 11) is 0. The van der Waals surface area contributed by atoms with Gasteiger partial charge in [-0.2, -0.15) is 0 Å². The van der Waals surface area contributed by atoms with Gasteiger partial charge in [-0.3, -0.25) is 14.6 Å². The molecule has 5 heteroatoms. The summed E-state index contributed by atoms with van der Waals surface area (Å²) in [6, 6.07) is 12.9. The first-order chi connectivity index (χ1) is 11.6. The third kappa shape index (κ3) is 4.00. The molecule has 120 valence electrons. The third-order valence-corrected chi connectivity index (χ3v) is 4.37. The molecule has 0 saturated carbocycles. The lowest BCUT2D eigenvalue weighted by molar-refractivity contribution is -0.116. The number of hydrogen-bond acceptors (Lipinski definition) is 5. The van der Waals surface area contributed by atoms with Crippen molar-refractivity contribution in [1.29, 1.82) is 0 Å². The molecule has 0 spiro atoms. The molecule has 0 amide bonds. The van der Waals surface area contributed by atoms with Crippen LogP contribution in [-0.2, 0) is 17.6 Å². The fourth-order valence-corrected chi connectivity index (χ4v) is 3.15. The van der Waals surface area contributed by atoms with Crippen molar-refractivity contribution < 1.29 is 9.59 Å². The second-order valence-electron chi connectivity index (χ2n) is 5.52. The topological polar surface area (TPSA) is 59.9 Å². The maximum atomic E-state index is 12.4. The lowest BCUT2D eigenvalue weighted by Crippen LogP contribution is -2.04. The summed E-state index contributed by atoms with van der Waals surface area (Å²) in [4.78, 5) is 32.2. The molecule has 0 aliphatic rings. The summed E-state index contributed by atoms with van der Waals surface area (Å²) in [6.07, 6.45) is 2.39. The SMILES string of the molecule is CC(=O)Cc1ccc(C(=O)Cc2nc(-c3ccccn3)cs2)cc1. The van der Waals surface area contributed by atoms with E-state index < -0.39 is 0 Å². The predicted octanol–water partition coefficient (Wildman–Crippen LogP) is 3.76. The van der Waals surface area contributed by atoms with Gasteiger partial charge >= 0.3 is 0 Å². The summed E-state index contributed by atoms with van der Waals surface area (Å²) >= 11 is 1.46. The Morgan fingerprint density at radius 2 is 1.79 bits per heavy atom. The van der Waals surface area contributed by atoms with Crippen LogP contribution < -0.4 is 0 Å². The minimum atomic E-state index is 0.0197. The van der Waals surface area contributed by atoms with Crippen LogP contribution in [0.15, 0.2) is 54.0 Å². The van der Waals surface area contributed by atoms with Crippen molar-refractivity contribution in [2.75, 3.05) is 0 Å². The Morgan fingerprint density at radius 1 is 1.00 bits per heavy atom.